The van der Waals surface area contributed by atoms with Gasteiger partial charge in [-0.25, -0.2) is 5.32 Å². The highest BCUT2D eigenvalue weighted by molar-refractivity contribution is 5.94. The summed E-state index contributed by atoms with van der Waals surface area (Å²) in [5, 5.41) is 6.92. The molecule has 0 aliphatic carbocycles. The fourth-order valence-electron chi connectivity index (χ4n) is 1.10. The quantitative estimate of drug-likeness (QED) is 0.694. The molecule has 0 fully saturated rings. The minimum absolute atomic E-state index is 0.0306. The fourth-order valence-corrected chi connectivity index (χ4v) is 1.10. The Morgan fingerprint density at radius 3 is 2.71 bits per heavy atom. The minimum atomic E-state index is -0.0306. The summed E-state index contributed by atoms with van der Waals surface area (Å²) in [4.78, 5) is 11.5. The van der Waals surface area contributed by atoms with E-state index in [1.54, 1.807) is 12.1 Å². The van der Waals surface area contributed by atoms with Crippen molar-refractivity contribution >= 4 is 5.91 Å². The summed E-state index contributed by atoms with van der Waals surface area (Å²) in [6, 6.07) is 9.19. The first kappa shape index (κ1) is 10.7. The highest BCUT2D eigenvalue weighted by Crippen LogP contribution is 1.96. The van der Waals surface area contributed by atoms with Gasteiger partial charge in [0.2, 0.25) is 0 Å². The predicted molar refractivity (Wildman–Crippen MR) is 56.3 cm³/mol. The third-order valence-electron chi connectivity index (χ3n) is 1.82. The van der Waals surface area contributed by atoms with Crippen LogP contribution < -0.4 is 10.6 Å². The summed E-state index contributed by atoms with van der Waals surface area (Å²) < 4.78 is 0. The molecule has 14 heavy (non-hydrogen) atoms. The van der Waals surface area contributed by atoms with Crippen molar-refractivity contribution in [3.63, 3.8) is 0 Å². The van der Waals surface area contributed by atoms with Crippen LogP contribution in [0.1, 0.15) is 17.3 Å². The van der Waals surface area contributed by atoms with Gasteiger partial charge in [0.15, 0.2) is 0 Å². The van der Waals surface area contributed by atoms with Crippen LogP contribution in [0.2, 0.25) is 0 Å². The van der Waals surface area contributed by atoms with E-state index in [2.05, 4.69) is 10.6 Å². The SMILES string of the molecule is CC[N]CCNC(=O)c1ccccc1. The first-order valence-electron chi connectivity index (χ1n) is 4.81. The zero-order chi connectivity index (χ0) is 10.2. The van der Waals surface area contributed by atoms with Crippen molar-refractivity contribution in [1.82, 2.24) is 10.6 Å². The van der Waals surface area contributed by atoms with Gasteiger partial charge >= 0.3 is 0 Å². The molecule has 0 aromatic heterocycles. The van der Waals surface area contributed by atoms with E-state index in [0.717, 1.165) is 6.54 Å². The standard InChI is InChI=1S/C11H15N2O/c1-2-12-8-9-13-11(14)10-6-4-3-5-7-10/h3-7H,2,8-9H2,1H3,(H,13,14). The summed E-state index contributed by atoms with van der Waals surface area (Å²) in [5.74, 6) is -0.0306. The van der Waals surface area contributed by atoms with Crippen LogP contribution in [0.3, 0.4) is 0 Å². The van der Waals surface area contributed by atoms with Crippen LogP contribution >= 0.6 is 0 Å². The maximum Gasteiger partial charge on any atom is 0.251 e. The molecular formula is C11H15N2O. The average Bonchev–Trinajstić information content (AvgIpc) is 2.25. The van der Waals surface area contributed by atoms with Gasteiger partial charge in [-0.3, -0.25) is 4.79 Å². The van der Waals surface area contributed by atoms with Crippen LogP contribution in [0.4, 0.5) is 0 Å². The number of amides is 1. The summed E-state index contributed by atoms with van der Waals surface area (Å²) >= 11 is 0. The molecular weight excluding hydrogens is 176 g/mol. The minimum Gasteiger partial charge on any atom is -0.351 e. The second-order valence-corrected chi connectivity index (χ2v) is 2.89. The van der Waals surface area contributed by atoms with Crippen molar-refractivity contribution < 1.29 is 4.79 Å². The van der Waals surface area contributed by atoms with Gasteiger partial charge in [-0.15, -0.1) is 0 Å². The van der Waals surface area contributed by atoms with Gasteiger partial charge in [0, 0.05) is 25.2 Å². The first-order valence-corrected chi connectivity index (χ1v) is 4.81. The molecule has 0 saturated heterocycles. The number of rotatable bonds is 5. The van der Waals surface area contributed by atoms with Crippen molar-refractivity contribution in [3.05, 3.63) is 35.9 Å². The Balaban J connectivity index is 2.29. The number of carbonyl (C=O) groups is 1. The van der Waals surface area contributed by atoms with Gasteiger partial charge in [-0.05, 0) is 12.1 Å². The molecule has 3 nitrogen and oxygen atoms in total. The Hall–Kier alpha value is -1.35. The average molecular weight is 191 g/mol. The molecule has 75 valence electrons. The highest BCUT2D eigenvalue weighted by atomic mass is 16.1. The van der Waals surface area contributed by atoms with E-state index in [1.165, 1.54) is 0 Å². The largest absolute Gasteiger partial charge is 0.351 e. The number of likely N-dealkylation sites (N-methyl/N-ethyl adjacent to an activating group) is 1. The zero-order valence-corrected chi connectivity index (χ0v) is 8.36. The number of hydrogen-bond donors (Lipinski definition) is 1. The summed E-state index contributed by atoms with van der Waals surface area (Å²) in [5.41, 5.74) is 0.698. The number of benzene rings is 1. The van der Waals surface area contributed by atoms with E-state index in [-0.39, 0.29) is 5.91 Å². The fraction of sp³-hybridized carbons (Fsp3) is 0.364. The van der Waals surface area contributed by atoms with E-state index < -0.39 is 0 Å². The molecule has 0 spiro atoms. The third-order valence-corrected chi connectivity index (χ3v) is 1.82. The molecule has 3 heteroatoms. The van der Waals surface area contributed by atoms with E-state index in [1.807, 2.05) is 25.1 Å². The second-order valence-electron chi connectivity index (χ2n) is 2.89. The van der Waals surface area contributed by atoms with Gasteiger partial charge in [-0.1, -0.05) is 25.1 Å². The Bertz CT molecular complexity index is 272. The molecule has 1 radical (unpaired) electrons. The Morgan fingerprint density at radius 2 is 2.07 bits per heavy atom. The van der Waals surface area contributed by atoms with Crippen LogP contribution in [0.15, 0.2) is 30.3 Å². The number of nitrogens with one attached hydrogen (secondary N) is 1. The monoisotopic (exact) mass is 191 g/mol. The number of hydrogen-bond acceptors (Lipinski definition) is 1. The molecule has 0 bridgehead atoms. The smallest absolute Gasteiger partial charge is 0.251 e. The van der Waals surface area contributed by atoms with E-state index in [4.69, 9.17) is 0 Å². The lowest BCUT2D eigenvalue weighted by molar-refractivity contribution is 0.0954. The molecule has 0 saturated carbocycles. The molecule has 0 heterocycles. The Labute approximate surface area is 84.5 Å². The number of nitrogens with zero attached hydrogens (tertiary/aromatic N) is 1. The van der Waals surface area contributed by atoms with Crippen molar-refractivity contribution in [2.24, 2.45) is 0 Å². The lowest BCUT2D eigenvalue weighted by atomic mass is 10.2. The summed E-state index contributed by atoms with van der Waals surface area (Å²) in [6.07, 6.45) is 0. The predicted octanol–water partition coefficient (Wildman–Crippen LogP) is 1.04. The molecule has 1 amide bonds. The van der Waals surface area contributed by atoms with Gasteiger partial charge in [0.1, 0.15) is 0 Å². The van der Waals surface area contributed by atoms with Crippen molar-refractivity contribution in [1.29, 1.82) is 0 Å². The summed E-state index contributed by atoms with van der Waals surface area (Å²) in [7, 11) is 0. The van der Waals surface area contributed by atoms with Gasteiger partial charge in [0.25, 0.3) is 5.91 Å². The van der Waals surface area contributed by atoms with E-state index >= 15 is 0 Å². The van der Waals surface area contributed by atoms with E-state index in [0.29, 0.717) is 18.7 Å². The molecule has 0 atom stereocenters. The molecule has 1 N–H and O–H groups in total. The highest BCUT2D eigenvalue weighted by Gasteiger charge is 2.01. The maximum absolute atomic E-state index is 11.5. The molecule has 1 aromatic carbocycles. The molecule has 0 unspecified atom stereocenters. The van der Waals surface area contributed by atoms with Crippen LogP contribution in [0.5, 0.6) is 0 Å². The van der Waals surface area contributed by atoms with Crippen LogP contribution in [-0.4, -0.2) is 25.5 Å². The van der Waals surface area contributed by atoms with Crippen LogP contribution in [0, 0.1) is 0 Å². The van der Waals surface area contributed by atoms with Gasteiger partial charge in [0.05, 0.1) is 0 Å². The van der Waals surface area contributed by atoms with Crippen molar-refractivity contribution in [2.75, 3.05) is 19.6 Å². The third kappa shape index (κ3) is 3.58. The normalized spacial score (nSPS) is 9.79. The van der Waals surface area contributed by atoms with Crippen molar-refractivity contribution in [3.8, 4) is 0 Å². The van der Waals surface area contributed by atoms with Crippen LogP contribution in [0.25, 0.3) is 0 Å². The second kappa shape index (κ2) is 6.16. The maximum atomic E-state index is 11.5. The molecule has 1 aromatic rings. The van der Waals surface area contributed by atoms with E-state index in [9.17, 15) is 4.79 Å². The first-order chi connectivity index (χ1) is 6.84. The molecule has 0 aliphatic rings. The zero-order valence-electron chi connectivity index (χ0n) is 8.36. The van der Waals surface area contributed by atoms with Gasteiger partial charge < -0.3 is 5.32 Å². The Kier molecular flexibility index (Phi) is 4.72. The molecule has 0 aliphatic heterocycles. The molecule has 1 rings (SSSR count). The van der Waals surface area contributed by atoms with Crippen molar-refractivity contribution in [2.45, 2.75) is 6.92 Å². The lowest BCUT2D eigenvalue weighted by Crippen LogP contribution is -2.29. The topological polar surface area (TPSA) is 43.2 Å². The van der Waals surface area contributed by atoms with Gasteiger partial charge in [-0.2, -0.15) is 0 Å². The van der Waals surface area contributed by atoms with Crippen LogP contribution in [-0.2, 0) is 0 Å². The Morgan fingerprint density at radius 1 is 1.36 bits per heavy atom. The summed E-state index contributed by atoms with van der Waals surface area (Å²) in [6.45, 7) is 4.09. The number of carbonyl (C=O) groups excluding carboxylic acids is 1. The lowest BCUT2D eigenvalue weighted by Gasteiger charge is -2.03.